The maximum atomic E-state index is 2.52. The second-order valence-corrected chi connectivity index (χ2v) is 20.7. The number of hydrogen-bond donors (Lipinski definition) is 0. The Hall–Kier alpha value is -8.18. The minimum atomic E-state index is -2.80. The Morgan fingerprint density at radius 1 is 0.234 bits per heavy atom. The Labute approximate surface area is 372 Å². The van der Waals surface area contributed by atoms with Gasteiger partial charge in [0.25, 0.3) is 0 Å². The molecular weight excluding hydrogens is 791 g/mol. The smallest absolute Gasteiger partial charge is 0.179 e. The zero-order chi connectivity index (χ0) is 42.2. The molecule has 0 unspecified atom stereocenters. The molecule has 0 aliphatic carbocycles. The fourth-order valence-corrected chi connectivity index (χ4v) is 15.7. The van der Waals surface area contributed by atoms with Crippen LogP contribution in [-0.4, -0.2) is 21.8 Å². The predicted octanol–water partition coefficient (Wildman–Crippen LogP) is 12.4. The summed E-state index contributed by atoms with van der Waals surface area (Å²) in [6.45, 7) is 0. The van der Waals surface area contributed by atoms with Crippen molar-refractivity contribution in [3.8, 4) is 17.1 Å². The van der Waals surface area contributed by atoms with Gasteiger partial charge in [-0.3, -0.25) is 0 Å². The van der Waals surface area contributed by atoms with Crippen molar-refractivity contribution in [2.45, 2.75) is 0 Å². The highest BCUT2D eigenvalue weighted by Gasteiger charge is 2.41. The van der Waals surface area contributed by atoms with Gasteiger partial charge in [-0.05, 0) is 81.4 Å². The van der Waals surface area contributed by atoms with Crippen LogP contribution in [-0.2, 0) is 0 Å². The molecule has 10 aromatic carbocycles. The molecule has 0 saturated carbocycles. The van der Waals surface area contributed by atoms with Gasteiger partial charge >= 0.3 is 0 Å². The Morgan fingerprint density at radius 3 is 1.25 bits per heavy atom. The second kappa shape index (κ2) is 14.5. The SMILES string of the molecule is c1ccc(-n2c3ccc(-n4c5ccccc5c5ccc([Si](c6ccccc6)(c6ccccc6)c6ccccc6)cc54)cc3c3cccc(-n4c5ccccc5c5ccccc54)c32)cc1. The van der Waals surface area contributed by atoms with Crippen molar-refractivity contribution in [2.75, 3.05) is 0 Å². The monoisotopic (exact) mass is 831 g/mol. The third-order valence-electron chi connectivity index (χ3n) is 13.6. The van der Waals surface area contributed by atoms with Gasteiger partial charge in [-0.25, -0.2) is 0 Å². The molecule has 13 aromatic rings. The molecular formula is C60H41N3Si. The fraction of sp³-hybridized carbons (Fsp3) is 0. The van der Waals surface area contributed by atoms with Crippen LogP contribution in [0.2, 0.25) is 0 Å². The standard InChI is InChI=1S/C60H41N3Si/c1-5-20-42(21-6-1)62-57-39-36-43(40-53(57)52-31-19-35-58(60(52)62)63-55-33-17-14-28-48(55)49-29-15-18-34-56(49)63)61-54-32-16-13-30-50(54)51-38-37-47(41-59(51)61)64(44-22-7-2-8-23-44,45-24-9-3-10-25-45)46-26-11-4-12-27-46/h1-41H. The van der Waals surface area contributed by atoms with Crippen molar-refractivity contribution in [1.29, 1.82) is 0 Å². The van der Waals surface area contributed by atoms with Gasteiger partial charge in [-0.15, -0.1) is 0 Å². The van der Waals surface area contributed by atoms with Gasteiger partial charge in [0, 0.05) is 43.7 Å². The Morgan fingerprint density at radius 2 is 0.688 bits per heavy atom. The van der Waals surface area contributed by atoms with Crippen LogP contribution in [0, 0.1) is 0 Å². The van der Waals surface area contributed by atoms with Crippen molar-refractivity contribution < 1.29 is 0 Å². The average Bonchev–Trinajstić information content (AvgIpc) is 4.01. The molecule has 3 nitrogen and oxygen atoms in total. The largest absolute Gasteiger partial charge is 0.309 e. The molecule has 13 rings (SSSR count). The van der Waals surface area contributed by atoms with Crippen LogP contribution in [0.3, 0.4) is 0 Å². The quantitative estimate of drug-likeness (QED) is 0.112. The summed E-state index contributed by atoms with van der Waals surface area (Å²) in [5.74, 6) is 0. The molecule has 3 aromatic heterocycles. The summed E-state index contributed by atoms with van der Waals surface area (Å²) in [4.78, 5) is 0. The molecule has 0 aliphatic heterocycles. The summed E-state index contributed by atoms with van der Waals surface area (Å²) >= 11 is 0. The first-order chi connectivity index (χ1) is 31.8. The highest BCUT2D eigenvalue weighted by molar-refractivity contribution is 7.20. The van der Waals surface area contributed by atoms with E-state index in [1.165, 1.54) is 86.2 Å². The number of hydrogen-bond acceptors (Lipinski definition) is 0. The minimum absolute atomic E-state index is 1.13. The number of rotatable bonds is 7. The number of fused-ring (bicyclic) bond motifs is 9. The topological polar surface area (TPSA) is 14.8 Å². The number of benzene rings is 10. The number of nitrogens with zero attached hydrogens (tertiary/aromatic N) is 3. The third-order valence-corrected chi connectivity index (χ3v) is 18.3. The van der Waals surface area contributed by atoms with E-state index in [1.54, 1.807) is 0 Å². The third kappa shape index (κ3) is 5.27. The molecule has 0 radical (unpaired) electrons. The van der Waals surface area contributed by atoms with Gasteiger partial charge in [-0.2, -0.15) is 0 Å². The van der Waals surface area contributed by atoms with Gasteiger partial charge in [-0.1, -0.05) is 188 Å². The molecule has 0 amide bonds. The first-order valence-corrected chi connectivity index (χ1v) is 24.1. The van der Waals surface area contributed by atoms with Gasteiger partial charge in [0.05, 0.1) is 38.8 Å². The van der Waals surface area contributed by atoms with Crippen LogP contribution in [0.25, 0.3) is 82.5 Å². The summed E-state index contributed by atoms with van der Waals surface area (Å²) < 4.78 is 7.44. The maximum Gasteiger partial charge on any atom is 0.179 e. The first kappa shape index (κ1) is 36.5. The van der Waals surface area contributed by atoms with Gasteiger partial charge in [0.2, 0.25) is 0 Å². The molecule has 0 bridgehead atoms. The summed E-state index contributed by atoms with van der Waals surface area (Å²) in [5.41, 5.74) is 10.6. The summed E-state index contributed by atoms with van der Waals surface area (Å²) in [6, 6.07) is 92.3. The Balaban J connectivity index is 1.11. The second-order valence-electron chi connectivity index (χ2n) is 16.8. The number of para-hydroxylation sites is 5. The van der Waals surface area contributed by atoms with Crippen molar-refractivity contribution in [3.05, 3.63) is 249 Å². The zero-order valence-electron chi connectivity index (χ0n) is 35.0. The first-order valence-electron chi connectivity index (χ1n) is 22.1. The van der Waals surface area contributed by atoms with E-state index >= 15 is 0 Å². The molecule has 0 spiro atoms. The maximum absolute atomic E-state index is 2.80. The van der Waals surface area contributed by atoms with Crippen LogP contribution in [0.5, 0.6) is 0 Å². The average molecular weight is 832 g/mol. The molecule has 4 heteroatoms. The van der Waals surface area contributed by atoms with Crippen LogP contribution >= 0.6 is 0 Å². The van der Waals surface area contributed by atoms with Crippen LogP contribution in [0.1, 0.15) is 0 Å². The lowest BCUT2D eigenvalue weighted by molar-refractivity contribution is 1.13. The van der Waals surface area contributed by atoms with E-state index in [1.807, 2.05) is 0 Å². The normalized spacial score (nSPS) is 12.1. The molecule has 0 N–H and O–H groups in total. The lowest BCUT2D eigenvalue weighted by Gasteiger charge is -2.34. The van der Waals surface area contributed by atoms with Crippen molar-refractivity contribution in [2.24, 2.45) is 0 Å². The van der Waals surface area contributed by atoms with E-state index in [0.717, 1.165) is 17.1 Å². The van der Waals surface area contributed by atoms with E-state index in [4.69, 9.17) is 0 Å². The molecule has 0 saturated heterocycles. The van der Waals surface area contributed by atoms with Gasteiger partial charge in [0.1, 0.15) is 0 Å². The van der Waals surface area contributed by atoms with E-state index < -0.39 is 8.07 Å². The highest BCUT2D eigenvalue weighted by Crippen LogP contribution is 2.41. The lowest BCUT2D eigenvalue weighted by Crippen LogP contribution is -2.74. The highest BCUT2D eigenvalue weighted by atomic mass is 28.3. The lowest BCUT2D eigenvalue weighted by atomic mass is 10.1. The van der Waals surface area contributed by atoms with Gasteiger partial charge < -0.3 is 13.7 Å². The Kier molecular flexibility index (Phi) is 8.23. The fourth-order valence-electron chi connectivity index (χ4n) is 10.9. The van der Waals surface area contributed by atoms with E-state index in [9.17, 15) is 0 Å². The molecule has 64 heavy (non-hydrogen) atoms. The van der Waals surface area contributed by atoms with Crippen LogP contribution in [0.15, 0.2) is 249 Å². The molecule has 0 aliphatic rings. The van der Waals surface area contributed by atoms with E-state index in [-0.39, 0.29) is 0 Å². The van der Waals surface area contributed by atoms with Crippen LogP contribution in [0.4, 0.5) is 0 Å². The van der Waals surface area contributed by atoms with Crippen molar-refractivity contribution in [3.63, 3.8) is 0 Å². The predicted molar refractivity (Wildman–Crippen MR) is 273 cm³/mol. The molecule has 0 fully saturated rings. The van der Waals surface area contributed by atoms with Crippen molar-refractivity contribution >= 4 is 94.2 Å². The van der Waals surface area contributed by atoms with E-state index in [0.29, 0.717) is 0 Å². The Bertz CT molecular complexity index is 3730. The zero-order valence-corrected chi connectivity index (χ0v) is 36.0. The van der Waals surface area contributed by atoms with Crippen LogP contribution < -0.4 is 20.7 Å². The molecule has 300 valence electrons. The van der Waals surface area contributed by atoms with Crippen molar-refractivity contribution in [1.82, 2.24) is 13.7 Å². The summed E-state index contributed by atoms with van der Waals surface area (Å²) in [6.07, 6.45) is 0. The molecule has 0 atom stereocenters. The number of aromatic nitrogens is 3. The minimum Gasteiger partial charge on any atom is -0.309 e. The van der Waals surface area contributed by atoms with E-state index in [2.05, 4.69) is 262 Å². The summed E-state index contributed by atoms with van der Waals surface area (Å²) in [7, 11) is -2.80. The molecule has 3 heterocycles. The summed E-state index contributed by atoms with van der Waals surface area (Å²) in [5, 5.41) is 12.9. The van der Waals surface area contributed by atoms with Gasteiger partial charge in [0.15, 0.2) is 8.07 Å².